The minimum atomic E-state index is -2.00. The Hall–Kier alpha value is -4.69. The van der Waals surface area contributed by atoms with Gasteiger partial charge in [-0.05, 0) is 68.3 Å². The molecule has 2 aliphatic heterocycles. The maximum absolute atomic E-state index is 13.3. The number of halogens is 1. The maximum atomic E-state index is 13.3. The number of hydrogen-bond acceptors (Lipinski definition) is 10. The monoisotopic (exact) mass is 718 g/mol. The van der Waals surface area contributed by atoms with Crippen molar-refractivity contribution in [3.63, 3.8) is 0 Å². The zero-order valence-electron chi connectivity index (χ0n) is 28.5. The molecular formula is C37H43ClN6O7. The number of aliphatic carboxylic acids is 1. The number of hydrazine groups is 1. The van der Waals surface area contributed by atoms with Crippen LogP contribution in [0.1, 0.15) is 60.5 Å². The Morgan fingerprint density at radius 2 is 1.75 bits per heavy atom. The first-order valence-electron chi connectivity index (χ1n) is 17.1. The number of carboxylic acid groups (broad SMARTS) is 1. The summed E-state index contributed by atoms with van der Waals surface area (Å²) in [6, 6.07) is 19.1. The van der Waals surface area contributed by atoms with Crippen molar-refractivity contribution < 1.29 is 34.1 Å². The molecule has 3 aliphatic rings. The zero-order valence-corrected chi connectivity index (χ0v) is 29.3. The molecule has 14 heteroatoms. The molecule has 2 fully saturated rings. The highest BCUT2D eigenvalue weighted by Gasteiger charge is 2.46. The zero-order chi connectivity index (χ0) is 36.1. The van der Waals surface area contributed by atoms with E-state index in [0.29, 0.717) is 34.9 Å². The van der Waals surface area contributed by atoms with E-state index in [1.165, 1.54) is 6.07 Å². The van der Waals surface area contributed by atoms with Crippen molar-refractivity contribution in [3.8, 4) is 11.5 Å². The van der Waals surface area contributed by atoms with E-state index < -0.39 is 24.2 Å². The van der Waals surface area contributed by atoms with Crippen molar-refractivity contribution in [3.05, 3.63) is 88.4 Å². The van der Waals surface area contributed by atoms with E-state index in [2.05, 4.69) is 26.4 Å². The fraction of sp³-hybridized carbons (Fsp3) is 0.405. The minimum Gasteiger partial charge on any atom is -0.497 e. The van der Waals surface area contributed by atoms with Crippen LogP contribution in [0, 0.1) is 5.92 Å². The van der Waals surface area contributed by atoms with Crippen LogP contribution >= 0.6 is 11.6 Å². The van der Waals surface area contributed by atoms with Crippen molar-refractivity contribution in [1.82, 2.24) is 21.5 Å². The number of nitrogens with zero attached hydrogens (tertiary/aromatic N) is 2. The third-order valence-electron chi connectivity index (χ3n) is 9.75. The van der Waals surface area contributed by atoms with Crippen LogP contribution < -0.4 is 35.9 Å². The summed E-state index contributed by atoms with van der Waals surface area (Å²) >= 11 is 6.21. The van der Waals surface area contributed by atoms with Crippen molar-refractivity contribution >= 4 is 40.8 Å². The number of aliphatic imine (C=N–C) groups is 1. The molecule has 4 unspecified atom stereocenters. The van der Waals surface area contributed by atoms with Crippen LogP contribution in [-0.4, -0.2) is 84.5 Å². The van der Waals surface area contributed by atoms with Crippen molar-refractivity contribution in [1.29, 1.82) is 0 Å². The van der Waals surface area contributed by atoms with Crippen LogP contribution in [0.3, 0.4) is 0 Å². The average Bonchev–Trinajstić information content (AvgIpc) is 3.79. The lowest BCUT2D eigenvalue weighted by Gasteiger charge is -2.31. The second-order valence-electron chi connectivity index (χ2n) is 13.1. The molecule has 3 aromatic rings. The lowest BCUT2D eigenvalue weighted by atomic mass is 9.87. The predicted octanol–water partition coefficient (Wildman–Crippen LogP) is 3.48. The average molecular weight is 719 g/mol. The number of hydrogen-bond donors (Lipinski definition) is 6. The summed E-state index contributed by atoms with van der Waals surface area (Å²) in [5, 5.41) is 26.9. The maximum Gasteiger partial charge on any atom is 0.339 e. The van der Waals surface area contributed by atoms with Gasteiger partial charge in [0.1, 0.15) is 24.3 Å². The predicted molar refractivity (Wildman–Crippen MR) is 192 cm³/mol. The Balaban J connectivity index is 1.08. The lowest BCUT2D eigenvalue weighted by molar-refractivity contribution is -0.169. The highest BCUT2D eigenvalue weighted by Crippen LogP contribution is 2.37. The normalized spacial score (nSPS) is 21.1. The number of nitrogens with one attached hydrogen (secondary N) is 4. The molecule has 270 valence electrons. The summed E-state index contributed by atoms with van der Waals surface area (Å²) in [6.45, 7) is 1.96. The van der Waals surface area contributed by atoms with Crippen LogP contribution in [-0.2, 0) is 9.59 Å². The standard InChI is InChI=1S/C37H43ClN6O7/c1-22-42-43-34-30(41-33(23-10-12-26(38)13-11-23)29-19-27(50-2)14-15-31(29)44(22)34)20-32(45)39-16-17-40-35(46)24-6-5-9-28(18-24)51-21-37(49,36(47)48)25-7-3-4-8-25/h5-6,9-15,18-19,22,25,30,34,42-43,49H,3-4,7-8,16-17,20-21H2,1-2H3,(H,39,45)(H,40,46)(H,47,48). The molecule has 1 saturated carbocycles. The lowest BCUT2D eigenvalue weighted by Crippen LogP contribution is -2.50. The van der Waals surface area contributed by atoms with E-state index in [9.17, 15) is 24.6 Å². The summed E-state index contributed by atoms with van der Waals surface area (Å²) in [6.07, 6.45) is 2.63. The SMILES string of the molecule is COc1ccc2c(c1)C(c1ccc(Cl)cc1)=NC(CC(=O)NCCNC(=O)c1cccc(OCC(O)(C(=O)O)C3CCCC3)c1)C1NNC(C)N21. The summed E-state index contributed by atoms with van der Waals surface area (Å²) in [5.74, 6) is -1.37. The summed E-state index contributed by atoms with van der Waals surface area (Å²) in [7, 11) is 1.62. The van der Waals surface area contributed by atoms with Gasteiger partial charge in [0, 0.05) is 46.4 Å². The van der Waals surface area contributed by atoms with Gasteiger partial charge in [-0.15, -0.1) is 0 Å². The molecule has 13 nitrogen and oxygen atoms in total. The quantitative estimate of drug-likeness (QED) is 0.144. The van der Waals surface area contributed by atoms with E-state index >= 15 is 0 Å². The number of aliphatic hydroxyl groups is 1. The number of carbonyl (C=O) groups excluding carboxylic acids is 2. The number of benzene rings is 3. The van der Waals surface area contributed by atoms with Gasteiger partial charge in [0.25, 0.3) is 5.91 Å². The number of rotatable bonds is 13. The van der Waals surface area contributed by atoms with Gasteiger partial charge in [-0.1, -0.05) is 42.6 Å². The molecule has 0 radical (unpaired) electrons. The molecule has 1 aliphatic carbocycles. The molecule has 0 bridgehead atoms. The first kappa shape index (κ1) is 36.1. The van der Waals surface area contributed by atoms with Gasteiger partial charge < -0.3 is 35.2 Å². The molecule has 0 spiro atoms. The van der Waals surface area contributed by atoms with Crippen LogP contribution in [0.15, 0.2) is 71.7 Å². The second-order valence-corrected chi connectivity index (χ2v) is 13.5. The molecule has 3 aromatic carbocycles. The number of carbonyl (C=O) groups is 3. The Morgan fingerprint density at radius 1 is 1.00 bits per heavy atom. The third kappa shape index (κ3) is 7.96. The second kappa shape index (κ2) is 15.7. The van der Waals surface area contributed by atoms with E-state index in [1.807, 2.05) is 49.4 Å². The largest absolute Gasteiger partial charge is 0.497 e. The number of ether oxygens (including phenoxy) is 2. The number of fused-ring (bicyclic) bond motifs is 3. The van der Waals surface area contributed by atoms with E-state index in [1.54, 1.807) is 25.3 Å². The molecule has 51 heavy (non-hydrogen) atoms. The topological polar surface area (TPSA) is 174 Å². The Labute approximate surface area is 301 Å². The van der Waals surface area contributed by atoms with E-state index in [-0.39, 0.29) is 55.3 Å². The third-order valence-corrected chi connectivity index (χ3v) is 10.0. The van der Waals surface area contributed by atoms with Crippen LogP contribution in [0.5, 0.6) is 11.5 Å². The molecule has 1 saturated heterocycles. The van der Waals surface area contributed by atoms with E-state index in [0.717, 1.165) is 29.7 Å². The molecule has 2 amide bonds. The number of methoxy groups -OCH3 is 1. The van der Waals surface area contributed by atoms with Gasteiger partial charge in [0.15, 0.2) is 5.60 Å². The van der Waals surface area contributed by atoms with Gasteiger partial charge in [-0.3, -0.25) is 14.6 Å². The van der Waals surface area contributed by atoms with Gasteiger partial charge in [-0.25, -0.2) is 15.6 Å². The van der Waals surface area contributed by atoms with Crippen LogP contribution in [0.2, 0.25) is 5.02 Å². The van der Waals surface area contributed by atoms with Gasteiger partial charge >= 0.3 is 5.97 Å². The van der Waals surface area contributed by atoms with Gasteiger partial charge in [0.05, 0.1) is 31.4 Å². The summed E-state index contributed by atoms with van der Waals surface area (Å²) in [4.78, 5) is 45.5. The first-order valence-corrected chi connectivity index (χ1v) is 17.5. The molecule has 0 aromatic heterocycles. The smallest absolute Gasteiger partial charge is 0.339 e. The Bertz CT molecular complexity index is 1780. The Kier molecular flexibility index (Phi) is 11.1. The number of amides is 2. The highest BCUT2D eigenvalue weighted by atomic mass is 35.5. The van der Waals surface area contributed by atoms with Crippen LogP contribution in [0.4, 0.5) is 5.69 Å². The molecule has 6 rings (SSSR count). The van der Waals surface area contributed by atoms with Crippen molar-refractivity contribution in [2.75, 3.05) is 31.7 Å². The summed E-state index contributed by atoms with van der Waals surface area (Å²) < 4.78 is 11.2. The van der Waals surface area contributed by atoms with Crippen molar-refractivity contribution in [2.24, 2.45) is 10.9 Å². The van der Waals surface area contributed by atoms with Crippen molar-refractivity contribution in [2.45, 2.75) is 63.0 Å². The highest BCUT2D eigenvalue weighted by molar-refractivity contribution is 6.30. The first-order chi connectivity index (χ1) is 24.6. The fourth-order valence-corrected chi connectivity index (χ4v) is 7.13. The van der Waals surface area contributed by atoms with Gasteiger partial charge in [-0.2, -0.15) is 0 Å². The number of carboxylic acids is 1. The van der Waals surface area contributed by atoms with E-state index in [4.69, 9.17) is 26.1 Å². The number of anilines is 1. The Morgan fingerprint density at radius 3 is 2.47 bits per heavy atom. The summed E-state index contributed by atoms with van der Waals surface area (Å²) in [5.41, 5.74) is 8.27. The molecular weight excluding hydrogens is 676 g/mol. The molecule has 6 N–H and O–H groups in total. The molecule has 4 atom stereocenters. The van der Waals surface area contributed by atoms with Gasteiger partial charge in [0.2, 0.25) is 5.91 Å². The minimum absolute atomic E-state index is 0.0711. The van der Waals surface area contributed by atoms with Crippen LogP contribution in [0.25, 0.3) is 0 Å². The molecule has 2 heterocycles. The fourth-order valence-electron chi connectivity index (χ4n) is 7.00.